The van der Waals surface area contributed by atoms with E-state index in [0.717, 1.165) is 31.5 Å². The number of nitrogens with zero attached hydrogens (tertiary/aromatic N) is 4. The summed E-state index contributed by atoms with van der Waals surface area (Å²) in [6, 6.07) is 7.35. The first-order valence-corrected chi connectivity index (χ1v) is 9.62. The third-order valence-electron chi connectivity index (χ3n) is 5.63. The Morgan fingerprint density at radius 2 is 1.67 bits per heavy atom. The second-order valence-electron chi connectivity index (χ2n) is 7.33. The van der Waals surface area contributed by atoms with Crippen LogP contribution in [0.1, 0.15) is 41.1 Å². The average Bonchev–Trinajstić information content (AvgIpc) is 3.20. The van der Waals surface area contributed by atoms with Gasteiger partial charge in [-0.05, 0) is 43.0 Å². The van der Waals surface area contributed by atoms with Crippen LogP contribution in [0.3, 0.4) is 0 Å². The summed E-state index contributed by atoms with van der Waals surface area (Å²) in [6.45, 7) is 2.65. The van der Waals surface area contributed by atoms with Gasteiger partial charge >= 0.3 is 0 Å². The van der Waals surface area contributed by atoms with Gasteiger partial charge < -0.3 is 9.80 Å². The lowest BCUT2D eigenvalue weighted by molar-refractivity contribution is -0.136. The Kier molecular flexibility index (Phi) is 5.14. The zero-order chi connectivity index (χ0) is 18.6. The molecular formula is C21H24N4O2. The van der Waals surface area contributed by atoms with Crippen LogP contribution in [0, 0.1) is 5.92 Å². The van der Waals surface area contributed by atoms with Crippen LogP contribution in [0.2, 0.25) is 0 Å². The van der Waals surface area contributed by atoms with Gasteiger partial charge in [0.25, 0.3) is 5.91 Å². The summed E-state index contributed by atoms with van der Waals surface area (Å²) in [5, 5.41) is 0. The molecule has 6 heteroatoms. The van der Waals surface area contributed by atoms with Crippen molar-refractivity contribution in [1.29, 1.82) is 0 Å². The number of carbonyl (C=O) groups excluding carboxylic acids is 2. The molecule has 0 bridgehead atoms. The average molecular weight is 364 g/mol. The predicted molar refractivity (Wildman–Crippen MR) is 101 cm³/mol. The monoisotopic (exact) mass is 364 g/mol. The van der Waals surface area contributed by atoms with Crippen molar-refractivity contribution in [2.24, 2.45) is 5.92 Å². The molecule has 2 aliphatic rings. The second-order valence-corrected chi connectivity index (χ2v) is 7.33. The lowest BCUT2D eigenvalue weighted by Crippen LogP contribution is -2.42. The predicted octanol–water partition coefficient (Wildman–Crippen LogP) is 2.34. The lowest BCUT2D eigenvalue weighted by Gasteiger charge is -2.30. The van der Waals surface area contributed by atoms with E-state index in [4.69, 9.17) is 0 Å². The van der Waals surface area contributed by atoms with E-state index in [2.05, 4.69) is 9.97 Å². The van der Waals surface area contributed by atoms with Crippen molar-refractivity contribution in [3.8, 4) is 0 Å². The fourth-order valence-electron chi connectivity index (χ4n) is 4.18. The molecule has 4 heterocycles. The summed E-state index contributed by atoms with van der Waals surface area (Å²) in [6.07, 6.45) is 10.1. The molecule has 2 fully saturated rings. The minimum absolute atomic E-state index is 0.0149. The van der Waals surface area contributed by atoms with Crippen LogP contribution < -0.4 is 0 Å². The fourth-order valence-corrected chi connectivity index (χ4v) is 4.18. The van der Waals surface area contributed by atoms with Gasteiger partial charge in [-0.25, -0.2) is 0 Å². The summed E-state index contributed by atoms with van der Waals surface area (Å²) in [4.78, 5) is 38.2. The maximum Gasteiger partial charge on any atom is 0.254 e. The molecule has 4 rings (SSSR count). The van der Waals surface area contributed by atoms with E-state index in [-0.39, 0.29) is 23.7 Å². The zero-order valence-corrected chi connectivity index (χ0v) is 15.3. The van der Waals surface area contributed by atoms with Crippen molar-refractivity contribution < 1.29 is 9.59 Å². The SMILES string of the molecule is O=C(c1ccncc1)N1CC(C(=O)N2CCCCC2)[C@H](c2cccnc2)C1. The van der Waals surface area contributed by atoms with Crippen molar-refractivity contribution in [3.63, 3.8) is 0 Å². The smallest absolute Gasteiger partial charge is 0.254 e. The zero-order valence-electron chi connectivity index (χ0n) is 15.3. The molecular weight excluding hydrogens is 340 g/mol. The van der Waals surface area contributed by atoms with E-state index >= 15 is 0 Å². The highest BCUT2D eigenvalue weighted by Gasteiger charge is 2.42. The molecule has 0 N–H and O–H groups in total. The first-order valence-electron chi connectivity index (χ1n) is 9.62. The van der Waals surface area contributed by atoms with Gasteiger partial charge in [0.1, 0.15) is 0 Å². The normalized spacial score (nSPS) is 22.7. The van der Waals surface area contributed by atoms with Crippen molar-refractivity contribution >= 4 is 11.8 Å². The Balaban J connectivity index is 1.59. The quantitative estimate of drug-likeness (QED) is 0.838. The standard InChI is InChI=1S/C21H24N4O2/c26-20(16-6-9-22-10-7-16)25-14-18(17-5-4-8-23-13-17)19(15-25)21(27)24-11-2-1-3-12-24/h4-10,13,18-19H,1-3,11-12,14-15H2/t18-,19?/m0/s1. The van der Waals surface area contributed by atoms with Gasteiger partial charge in [-0.15, -0.1) is 0 Å². The minimum Gasteiger partial charge on any atom is -0.342 e. The van der Waals surface area contributed by atoms with Crippen LogP contribution in [-0.2, 0) is 4.79 Å². The van der Waals surface area contributed by atoms with Crippen LogP contribution in [0.5, 0.6) is 0 Å². The van der Waals surface area contributed by atoms with E-state index in [9.17, 15) is 9.59 Å². The molecule has 2 atom stereocenters. The third-order valence-corrected chi connectivity index (χ3v) is 5.63. The molecule has 0 spiro atoms. The number of pyridine rings is 2. The number of hydrogen-bond donors (Lipinski definition) is 0. The number of piperidine rings is 1. The van der Waals surface area contributed by atoms with Gasteiger partial charge in [-0.3, -0.25) is 19.6 Å². The van der Waals surface area contributed by atoms with Crippen LogP contribution in [0.25, 0.3) is 0 Å². The van der Waals surface area contributed by atoms with Crippen LogP contribution in [0.15, 0.2) is 49.1 Å². The van der Waals surface area contributed by atoms with Crippen molar-refractivity contribution in [1.82, 2.24) is 19.8 Å². The number of rotatable bonds is 3. The van der Waals surface area contributed by atoms with E-state index in [0.29, 0.717) is 18.7 Å². The molecule has 0 aromatic carbocycles. The maximum atomic E-state index is 13.2. The molecule has 140 valence electrons. The second kappa shape index (κ2) is 7.86. The summed E-state index contributed by atoms with van der Waals surface area (Å²) < 4.78 is 0. The Morgan fingerprint density at radius 3 is 2.37 bits per heavy atom. The van der Waals surface area contributed by atoms with Gasteiger partial charge in [-0.2, -0.15) is 0 Å². The molecule has 2 saturated heterocycles. The summed E-state index contributed by atoms with van der Waals surface area (Å²) >= 11 is 0. The van der Waals surface area contributed by atoms with Gasteiger partial charge in [0.2, 0.25) is 5.91 Å². The summed E-state index contributed by atoms with van der Waals surface area (Å²) in [5.41, 5.74) is 1.64. The van der Waals surface area contributed by atoms with E-state index in [1.165, 1.54) is 6.42 Å². The van der Waals surface area contributed by atoms with Crippen LogP contribution in [-0.4, -0.2) is 57.8 Å². The van der Waals surface area contributed by atoms with Gasteiger partial charge in [0.15, 0.2) is 0 Å². The molecule has 1 unspecified atom stereocenters. The Bertz CT molecular complexity index is 790. The highest BCUT2D eigenvalue weighted by Crippen LogP contribution is 2.35. The number of aromatic nitrogens is 2. The summed E-state index contributed by atoms with van der Waals surface area (Å²) in [5.74, 6) is -0.0918. The first-order chi connectivity index (χ1) is 13.2. The molecule has 0 radical (unpaired) electrons. The van der Waals surface area contributed by atoms with Crippen LogP contribution in [0.4, 0.5) is 0 Å². The van der Waals surface area contributed by atoms with Gasteiger partial charge in [-0.1, -0.05) is 6.07 Å². The van der Waals surface area contributed by atoms with Gasteiger partial charge in [0, 0.05) is 62.4 Å². The highest BCUT2D eigenvalue weighted by molar-refractivity contribution is 5.95. The van der Waals surface area contributed by atoms with E-state index in [1.54, 1.807) is 35.6 Å². The van der Waals surface area contributed by atoms with Crippen molar-refractivity contribution in [2.75, 3.05) is 26.2 Å². The maximum absolute atomic E-state index is 13.2. The largest absolute Gasteiger partial charge is 0.342 e. The van der Waals surface area contributed by atoms with E-state index in [1.807, 2.05) is 23.2 Å². The molecule has 27 heavy (non-hydrogen) atoms. The number of amides is 2. The molecule has 6 nitrogen and oxygen atoms in total. The molecule has 0 aliphatic carbocycles. The molecule has 2 aromatic rings. The number of carbonyl (C=O) groups is 2. The molecule has 2 aliphatic heterocycles. The first kappa shape index (κ1) is 17.6. The Hall–Kier alpha value is -2.76. The number of hydrogen-bond acceptors (Lipinski definition) is 4. The minimum atomic E-state index is -0.210. The third kappa shape index (κ3) is 3.70. The topological polar surface area (TPSA) is 66.4 Å². The van der Waals surface area contributed by atoms with Crippen molar-refractivity contribution in [2.45, 2.75) is 25.2 Å². The Labute approximate surface area is 159 Å². The number of likely N-dealkylation sites (tertiary alicyclic amines) is 2. The van der Waals surface area contributed by atoms with Gasteiger partial charge in [0.05, 0.1) is 5.92 Å². The summed E-state index contributed by atoms with van der Waals surface area (Å²) in [7, 11) is 0. The van der Waals surface area contributed by atoms with Crippen molar-refractivity contribution in [3.05, 3.63) is 60.2 Å². The highest BCUT2D eigenvalue weighted by atomic mass is 16.2. The Morgan fingerprint density at radius 1 is 0.889 bits per heavy atom. The molecule has 0 saturated carbocycles. The molecule has 2 amide bonds. The lowest BCUT2D eigenvalue weighted by atomic mass is 9.88. The van der Waals surface area contributed by atoms with E-state index < -0.39 is 0 Å². The van der Waals surface area contributed by atoms with Crippen LogP contribution >= 0.6 is 0 Å². The fraction of sp³-hybridized carbons (Fsp3) is 0.429. The molecule has 2 aromatic heterocycles.